The van der Waals surface area contributed by atoms with E-state index in [2.05, 4.69) is 5.32 Å². The Morgan fingerprint density at radius 3 is 2.62 bits per heavy atom. The maximum atomic E-state index is 11.6. The van der Waals surface area contributed by atoms with Crippen molar-refractivity contribution in [1.29, 1.82) is 0 Å². The molecule has 1 aromatic carbocycles. The lowest BCUT2D eigenvalue weighted by Crippen LogP contribution is -2.35. The molecular weight excluding hydrogens is 272 g/mol. The van der Waals surface area contributed by atoms with E-state index in [1.165, 1.54) is 6.07 Å². The van der Waals surface area contributed by atoms with Gasteiger partial charge in [0.2, 0.25) is 0 Å². The summed E-state index contributed by atoms with van der Waals surface area (Å²) in [5.41, 5.74) is 6.45. The molecule has 1 aromatic rings. The minimum atomic E-state index is -0.440. The van der Waals surface area contributed by atoms with Crippen LogP contribution in [0.15, 0.2) is 18.2 Å². The first kappa shape index (κ1) is 16.8. The van der Waals surface area contributed by atoms with Gasteiger partial charge in [-0.05, 0) is 38.5 Å². The van der Waals surface area contributed by atoms with Gasteiger partial charge in [-0.3, -0.25) is 4.79 Å². The van der Waals surface area contributed by atoms with Crippen molar-refractivity contribution in [3.63, 3.8) is 0 Å². The van der Waals surface area contributed by atoms with E-state index in [1.54, 1.807) is 19.1 Å². The smallest absolute Gasteiger partial charge is 0.338 e. The number of nitrogen functional groups attached to an aromatic ring is 1. The monoisotopic (exact) mass is 294 g/mol. The molecule has 0 spiro atoms. The second-order valence-electron chi connectivity index (χ2n) is 4.64. The van der Waals surface area contributed by atoms with Crippen LogP contribution in [-0.2, 0) is 9.53 Å². The van der Waals surface area contributed by atoms with Gasteiger partial charge in [0, 0.05) is 6.04 Å². The number of carbonyl (C=O) groups is 2. The molecule has 3 N–H and O–H groups in total. The molecule has 1 unspecified atom stereocenters. The molecule has 1 rings (SSSR count). The average molecular weight is 294 g/mol. The molecule has 0 bridgehead atoms. The molecule has 1 amide bonds. The number of nitrogens with one attached hydrogen (secondary N) is 1. The van der Waals surface area contributed by atoms with Crippen molar-refractivity contribution in [3.8, 4) is 5.75 Å². The molecular formula is C15H22N2O4. The molecule has 0 saturated carbocycles. The maximum absolute atomic E-state index is 11.6. The molecule has 0 aliphatic carbocycles. The number of hydrogen-bond donors (Lipinski definition) is 2. The van der Waals surface area contributed by atoms with Crippen LogP contribution in [0.2, 0.25) is 0 Å². The highest BCUT2D eigenvalue weighted by Crippen LogP contribution is 2.22. The quantitative estimate of drug-likeness (QED) is 0.590. The first-order chi connectivity index (χ1) is 9.97. The first-order valence-electron chi connectivity index (χ1n) is 6.96. The van der Waals surface area contributed by atoms with Gasteiger partial charge in [-0.15, -0.1) is 0 Å². The van der Waals surface area contributed by atoms with E-state index >= 15 is 0 Å². The Kier molecular flexibility index (Phi) is 6.52. The number of esters is 1. The van der Waals surface area contributed by atoms with E-state index in [-0.39, 0.29) is 24.2 Å². The van der Waals surface area contributed by atoms with Gasteiger partial charge in [0.15, 0.2) is 6.61 Å². The zero-order chi connectivity index (χ0) is 15.8. The molecule has 6 heteroatoms. The van der Waals surface area contributed by atoms with E-state index in [9.17, 15) is 9.59 Å². The van der Waals surface area contributed by atoms with Gasteiger partial charge >= 0.3 is 5.97 Å². The van der Waals surface area contributed by atoms with Gasteiger partial charge in [-0.25, -0.2) is 4.79 Å². The Labute approximate surface area is 124 Å². The zero-order valence-corrected chi connectivity index (χ0v) is 12.6. The summed E-state index contributed by atoms with van der Waals surface area (Å²) < 4.78 is 10.2. The lowest BCUT2D eigenvalue weighted by Gasteiger charge is -2.13. The van der Waals surface area contributed by atoms with Gasteiger partial charge in [0.25, 0.3) is 5.91 Å². The van der Waals surface area contributed by atoms with Crippen LogP contribution in [-0.4, -0.2) is 31.1 Å². The Hall–Kier alpha value is -2.24. The van der Waals surface area contributed by atoms with E-state index in [1.807, 2.05) is 13.8 Å². The van der Waals surface area contributed by atoms with Crippen molar-refractivity contribution in [2.45, 2.75) is 33.2 Å². The van der Waals surface area contributed by atoms with E-state index in [4.69, 9.17) is 15.2 Å². The number of ether oxygens (including phenoxy) is 2. The summed E-state index contributed by atoms with van der Waals surface area (Å²) in [4.78, 5) is 23.2. The first-order valence-corrected chi connectivity index (χ1v) is 6.96. The van der Waals surface area contributed by atoms with Crippen molar-refractivity contribution in [1.82, 2.24) is 5.32 Å². The lowest BCUT2D eigenvalue weighted by atomic mass is 10.2. The van der Waals surface area contributed by atoms with Crippen LogP contribution in [0, 0.1) is 0 Å². The van der Waals surface area contributed by atoms with Crippen molar-refractivity contribution in [2.75, 3.05) is 18.9 Å². The van der Waals surface area contributed by atoms with Gasteiger partial charge in [0.05, 0.1) is 17.9 Å². The Balaban J connectivity index is 2.61. The van der Waals surface area contributed by atoms with Crippen molar-refractivity contribution < 1.29 is 19.1 Å². The molecule has 0 aromatic heterocycles. The molecule has 6 nitrogen and oxygen atoms in total. The molecule has 21 heavy (non-hydrogen) atoms. The minimum absolute atomic E-state index is 0.102. The van der Waals surface area contributed by atoms with Crippen LogP contribution in [0.1, 0.15) is 37.6 Å². The fourth-order valence-corrected chi connectivity index (χ4v) is 1.58. The second kappa shape index (κ2) is 8.14. The summed E-state index contributed by atoms with van der Waals surface area (Å²) in [6.45, 7) is 5.81. The normalized spacial score (nSPS) is 11.6. The Morgan fingerprint density at radius 2 is 2.05 bits per heavy atom. The second-order valence-corrected chi connectivity index (χ2v) is 4.64. The highest BCUT2D eigenvalue weighted by atomic mass is 16.5. The van der Waals surface area contributed by atoms with E-state index in [0.29, 0.717) is 17.9 Å². The zero-order valence-electron chi connectivity index (χ0n) is 12.6. The highest BCUT2D eigenvalue weighted by molar-refractivity contribution is 5.91. The van der Waals surface area contributed by atoms with Crippen LogP contribution >= 0.6 is 0 Å². The molecule has 0 aliphatic heterocycles. The van der Waals surface area contributed by atoms with Gasteiger partial charge in [-0.2, -0.15) is 0 Å². The lowest BCUT2D eigenvalue weighted by molar-refractivity contribution is -0.123. The van der Waals surface area contributed by atoms with Crippen molar-refractivity contribution in [2.24, 2.45) is 0 Å². The number of benzene rings is 1. The van der Waals surface area contributed by atoms with Crippen molar-refractivity contribution in [3.05, 3.63) is 23.8 Å². The molecule has 0 radical (unpaired) electrons. The van der Waals surface area contributed by atoms with Crippen LogP contribution in [0.4, 0.5) is 5.69 Å². The molecule has 1 atom stereocenters. The predicted molar refractivity (Wildman–Crippen MR) is 80.2 cm³/mol. The predicted octanol–water partition coefficient (Wildman–Crippen LogP) is 1.74. The van der Waals surface area contributed by atoms with Crippen molar-refractivity contribution >= 4 is 17.6 Å². The van der Waals surface area contributed by atoms with Crippen LogP contribution < -0.4 is 15.8 Å². The fourth-order valence-electron chi connectivity index (χ4n) is 1.58. The number of nitrogens with two attached hydrogens (primary N) is 1. The summed E-state index contributed by atoms with van der Waals surface area (Å²) in [6, 6.07) is 4.68. The van der Waals surface area contributed by atoms with E-state index in [0.717, 1.165) is 6.42 Å². The Morgan fingerprint density at radius 1 is 1.33 bits per heavy atom. The molecule has 116 valence electrons. The third-order valence-electron chi connectivity index (χ3n) is 2.90. The molecule has 0 saturated heterocycles. The van der Waals surface area contributed by atoms with Gasteiger partial charge in [0.1, 0.15) is 5.75 Å². The minimum Gasteiger partial charge on any atom is -0.482 e. The van der Waals surface area contributed by atoms with Crippen LogP contribution in [0.25, 0.3) is 0 Å². The highest BCUT2D eigenvalue weighted by Gasteiger charge is 2.11. The maximum Gasteiger partial charge on any atom is 0.338 e. The molecule has 0 fully saturated rings. The topological polar surface area (TPSA) is 90.6 Å². The molecule has 0 heterocycles. The SMILES string of the molecule is CCOC(=O)c1ccc(OCC(=O)NC(C)CC)c(N)c1. The number of rotatable bonds is 7. The average Bonchev–Trinajstić information content (AvgIpc) is 2.46. The van der Waals surface area contributed by atoms with Gasteiger partial charge < -0.3 is 20.5 Å². The summed E-state index contributed by atoms with van der Waals surface area (Å²) in [5.74, 6) is -0.286. The summed E-state index contributed by atoms with van der Waals surface area (Å²) in [5, 5.41) is 2.79. The third-order valence-corrected chi connectivity index (χ3v) is 2.90. The van der Waals surface area contributed by atoms with Crippen LogP contribution in [0.3, 0.4) is 0 Å². The largest absolute Gasteiger partial charge is 0.482 e. The number of carbonyl (C=O) groups excluding carboxylic acids is 2. The summed E-state index contributed by atoms with van der Waals surface area (Å²) >= 11 is 0. The Bertz CT molecular complexity index is 502. The number of hydrogen-bond acceptors (Lipinski definition) is 5. The summed E-state index contributed by atoms with van der Waals surface area (Å²) in [6.07, 6.45) is 0.849. The van der Waals surface area contributed by atoms with Crippen LogP contribution in [0.5, 0.6) is 5.75 Å². The summed E-state index contributed by atoms with van der Waals surface area (Å²) in [7, 11) is 0. The third kappa shape index (κ3) is 5.33. The molecule has 0 aliphatic rings. The van der Waals surface area contributed by atoms with E-state index < -0.39 is 5.97 Å². The standard InChI is InChI=1S/C15H22N2O4/c1-4-10(3)17-14(18)9-21-13-7-6-11(8-12(13)16)15(19)20-5-2/h6-8,10H,4-5,9,16H2,1-3H3,(H,17,18). The fraction of sp³-hybridized carbons (Fsp3) is 0.467. The number of amides is 1. The number of anilines is 1. The van der Waals surface area contributed by atoms with Gasteiger partial charge in [-0.1, -0.05) is 6.92 Å².